The molecule has 5 rings (SSSR count). The van der Waals surface area contributed by atoms with E-state index in [-0.39, 0.29) is 27.6 Å². The van der Waals surface area contributed by atoms with Gasteiger partial charge in [0.25, 0.3) is 0 Å². The highest BCUT2D eigenvalue weighted by atomic mass is 79.9. The maximum absolute atomic E-state index is 13.3. The second-order valence-corrected chi connectivity index (χ2v) is 11.8. The Kier molecular flexibility index (Phi) is 10.3. The molecule has 0 fully saturated rings. The number of alkyl halides is 3. The Hall–Kier alpha value is -4.04. The van der Waals surface area contributed by atoms with Crippen molar-refractivity contribution in [1.29, 1.82) is 0 Å². The quantitative estimate of drug-likeness (QED) is 0.137. The first-order chi connectivity index (χ1) is 20.5. The third-order valence-electron chi connectivity index (χ3n) is 6.44. The molecule has 0 atom stereocenters. The Labute approximate surface area is 265 Å². The van der Waals surface area contributed by atoms with Gasteiger partial charge in [0.2, 0.25) is 10.0 Å². The van der Waals surface area contributed by atoms with E-state index in [1.54, 1.807) is 66.7 Å². The molecule has 7 nitrogen and oxygen atoms in total. The third kappa shape index (κ3) is 8.11. The Morgan fingerprint density at radius 2 is 1.59 bits per heavy atom. The van der Waals surface area contributed by atoms with Crippen LogP contribution in [0, 0.1) is 0 Å². The zero-order valence-electron chi connectivity index (χ0n) is 22.8. The molecule has 0 radical (unpaired) electrons. The van der Waals surface area contributed by atoms with Crippen LogP contribution in [0.2, 0.25) is 0 Å². The average molecular weight is 705 g/mol. The van der Waals surface area contributed by atoms with E-state index >= 15 is 0 Å². The van der Waals surface area contributed by atoms with Crippen LogP contribution in [0.5, 0.6) is 5.75 Å². The normalized spacial score (nSPS) is 12.0. The Morgan fingerprint density at radius 3 is 2.23 bits per heavy atom. The van der Waals surface area contributed by atoms with Crippen molar-refractivity contribution >= 4 is 50.0 Å². The maximum Gasteiger partial charge on any atom is 0.416 e. The first-order valence-electron chi connectivity index (χ1n) is 12.9. The van der Waals surface area contributed by atoms with Gasteiger partial charge in [-0.05, 0) is 84.3 Å². The van der Waals surface area contributed by atoms with Crippen molar-refractivity contribution in [3.05, 3.63) is 130 Å². The minimum absolute atomic E-state index is 0. The van der Waals surface area contributed by atoms with E-state index in [2.05, 4.69) is 4.99 Å². The number of nitrogens with zero attached hydrogens (tertiary/aromatic N) is 2. The number of sulfonamides is 1. The lowest BCUT2D eigenvalue weighted by Crippen LogP contribution is -2.17. The van der Waals surface area contributed by atoms with Crippen LogP contribution >= 0.6 is 28.3 Å². The predicted molar refractivity (Wildman–Crippen MR) is 168 cm³/mol. The van der Waals surface area contributed by atoms with Crippen LogP contribution in [-0.2, 0) is 29.2 Å². The molecular formula is C31H25BrF3N3O4S2. The van der Waals surface area contributed by atoms with Gasteiger partial charge in [-0.15, -0.1) is 28.3 Å². The first-order valence-corrected chi connectivity index (χ1v) is 15.3. The van der Waals surface area contributed by atoms with E-state index in [0.29, 0.717) is 29.1 Å². The maximum atomic E-state index is 13.3. The summed E-state index contributed by atoms with van der Waals surface area (Å²) < 4.78 is 70.5. The number of aromatic nitrogens is 1. The van der Waals surface area contributed by atoms with Crippen molar-refractivity contribution in [1.82, 2.24) is 4.57 Å². The topological polar surface area (TPSA) is 104 Å². The molecule has 13 heteroatoms. The molecule has 0 aliphatic rings. The number of primary sulfonamides is 1. The van der Waals surface area contributed by atoms with Crippen molar-refractivity contribution in [2.75, 3.05) is 0 Å². The molecule has 0 spiro atoms. The zero-order chi connectivity index (χ0) is 30.6. The molecular weight excluding hydrogens is 679 g/mol. The fourth-order valence-electron chi connectivity index (χ4n) is 4.25. The van der Waals surface area contributed by atoms with Crippen molar-refractivity contribution in [3.8, 4) is 17.0 Å². The summed E-state index contributed by atoms with van der Waals surface area (Å²) in [6.07, 6.45) is -4.03. The number of aryl methyl sites for hydroxylation is 1. The second-order valence-electron chi connectivity index (χ2n) is 9.43. The summed E-state index contributed by atoms with van der Waals surface area (Å²) in [7, 11) is -3.83. The largest absolute Gasteiger partial charge is 0.423 e. The Morgan fingerprint density at radius 1 is 0.909 bits per heavy atom. The first kappa shape index (κ1) is 32.9. The van der Waals surface area contributed by atoms with E-state index in [4.69, 9.17) is 9.88 Å². The fraction of sp³-hybridized carbons (Fsp3) is 0.0968. The summed E-state index contributed by atoms with van der Waals surface area (Å²) in [5, 5.41) is 7.05. The van der Waals surface area contributed by atoms with Gasteiger partial charge in [0.05, 0.1) is 27.4 Å². The van der Waals surface area contributed by atoms with Gasteiger partial charge in [-0.25, -0.2) is 23.3 Å². The number of ether oxygens (including phenoxy) is 1. The van der Waals surface area contributed by atoms with Crippen molar-refractivity contribution in [2.45, 2.75) is 24.0 Å². The summed E-state index contributed by atoms with van der Waals surface area (Å²) in [5.74, 6) is -0.141. The van der Waals surface area contributed by atoms with E-state index in [9.17, 15) is 26.4 Å². The van der Waals surface area contributed by atoms with Crippen LogP contribution in [0.25, 0.3) is 11.3 Å². The number of nitrogens with two attached hydrogens (primary N) is 1. The molecule has 1 aromatic heterocycles. The van der Waals surface area contributed by atoms with Crippen LogP contribution in [0.1, 0.15) is 21.5 Å². The Balaban J connectivity index is 0.00000442. The van der Waals surface area contributed by atoms with Gasteiger partial charge in [-0.3, -0.25) is 0 Å². The summed E-state index contributed by atoms with van der Waals surface area (Å²) in [6, 6.07) is 26.4. The van der Waals surface area contributed by atoms with E-state index in [0.717, 1.165) is 29.0 Å². The van der Waals surface area contributed by atoms with Crippen LogP contribution in [-0.4, -0.2) is 19.0 Å². The molecule has 5 aromatic rings. The van der Waals surface area contributed by atoms with Crippen molar-refractivity contribution in [3.63, 3.8) is 0 Å². The van der Waals surface area contributed by atoms with Crippen LogP contribution in [0.15, 0.2) is 118 Å². The third-order valence-corrected chi connectivity index (χ3v) is 8.23. The highest BCUT2D eigenvalue weighted by Crippen LogP contribution is 2.31. The number of thiazole rings is 1. The highest BCUT2D eigenvalue weighted by Gasteiger charge is 2.30. The van der Waals surface area contributed by atoms with Gasteiger partial charge in [0, 0.05) is 11.9 Å². The number of benzene rings is 4. The van der Waals surface area contributed by atoms with Gasteiger partial charge in [0.15, 0.2) is 4.80 Å². The molecule has 228 valence electrons. The summed E-state index contributed by atoms with van der Waals surface area (Å²) >= 11 is 1.27. The van der Waals surface area contributed by atoms with E-state index < -0.39 is 27.7 Å². The number of halogens is 4. The molecule has 4 aromatic carbocycles. The number of hydrogen-bond acceptors (Lipinski definition) is 6. The summed E-state index contributed by atoms with van der Waals surface area (Å²) in [5.41, 5.74) is 2.11. The monoisotopic (exact) mass is 703 g/mol. The van der Waals surface area contributed by atoms with Crippen LogP contribution in [0.4, 0.5) is 18.9 Å². The molecule has 0 saturated heterocycles. The number of carbonyl (C=O) groups is 1. The van der Waals surface area contributed by atoms with Crippen molar-refractivity contribution in [2.24, 2.45) is 10.1 Å². The summed E-state index contributed by atoms with van der Waals surface area (Å²) in [4.78, 5) is 17.4. The molecule has 0 unspecified atom stereocenters. The number of carbonyl (C=O) groups excluding carboxylic acids is 1. The lowest BCUT2D eigenvalue weighted by Gasteiger charge is -2.11. The second kappa shape index (κ2) is 13.7. The van der Waals surface area contributed by atoms with Gasteiger partial charge in [-0.1, -0.05) is 36.4 Å². The fourth-order valence-corrected chi connectivity index (χ4v) is 5.72. The number of rotatable bonds is 8. The average Bonchev–Trinajstić information content (AvgIpc) is 3.38. The molecule has 1 heterocycles. The Bertz CT molecular complexity index is 1920. The summed E-state index contributed by atoms with van der Waals surface area (Å²) in [6.45, 7) is 0.385. The standard InChI is InChI=1S/C31H24F3N3O4S2.BrH/c32-31(33,34)24-7-4-8-25(19-24)36-30-37(18-17-21-9-15-27(16-10-21)43(35,39)40)28(20-42-30)22-11-13-26(14-12-22)41-29(38)23-5-2-1-3-6-23;/h1-16,19-20H,17-18H2,(H2,35,39,40);1H. The van der Waals surface area contributed by atoms with Crippen LogP contribution < -0.4 is 14.7 Å². The van der Waals surface area contributed by atoms with Gasteiger partial charge in [-0.2, -0.15) is 13.2 Å². The lowest BCUT2D eigenvalue weighted by molar-refractivity contribution is -0.137. The smallest absolute Gasteiger partial charge is 0.416 e. The predicted octanol–water partition coefficient (Wildman–Crippen LogP) is 7.16. The van der Waals surface area contributed by atoms with Gasteiger partial charge < -0.3 is 9.30 Å². The molecule has 0 saturated carbocycles. The van der Waals surface area contributed by atoms with Crippen LogP contribution in [0.3, 0.4) is 0 Å². The van der Waals surface area contributed by atoms with Gasteiger partial charge in [0.1, 0.15) is 5.75 Å². The lowest BCUT2D eigenvalue weighted by atomic mass is 10.1. The zero-order valence-corrected chi connectivity index (χ0v) is 26.1. The van der Waals surface area contributed by atoms with Crippen molar-refractivity contribution < 1.29 is 31.1 Å². The molecule has 44 heavy (non-hydrogen) atoms. The minimum atomic E-state index is -4.50. The van der Waals surface area contributed by atoms with E-state index in [1.165, 1.54) is 35.6 Å². The van der Waals surface area contributed by atoms with E-state index in [1.807, 2.05) is 9.95 Å². The molecule has 2 N–H and O–H groups in total. The number of esters is 1. The molecule has 0 bridgehead atoms. The number of hydrogen-bond donors (Lipinski definition) is 1. The highest BCUT2D eigenvalue weighted by molar-refractivity contribution is 8.93. The molecule has 0 aliphatic carbocycles. The molecule has 0 amide bonds. The molecule has 0 aliphatic heterocycles. The van der Waals surface area contributed by atoms with Gasteiger partial charge >= 0.3 is 12.1 Å². The minimum Gasteiger partial charge on any atom is -0.423 e. The SMILES string of the molecule is Br.NS(=O)(=O)c1ccc(CCn2c(-c3ccc(OC(=O)c4ccccc4)cc3)csc2=Nc2cccc(C(F)(F)F)c2)cc1.